The van der Waals surface area contributed by atoms with Gasteiger partial charge in [-0.15, -0.1) is 0 Å². The maximum absolute atomic E-state index is 13.2. The molecule has 1 aromatic heterocycles. The van der Waals surface area contributed by atoms with Gasteiger partial charge in [-0.25, -0.2) is 9.07 Å². The van der Waals surface area contributed by atoms with Crippen LogP contribution in [0.15, 0.2) is 63.9 Å². The van der Waals surface area contributed by atoms with Gasteiger partial charge in [0, 0.05) is 21.8 Å². The van der Waals surface area contributed by atoms with Gasteiger partial charge >= 0.3 is 0 Å². The third kappa shape index (κ3) is 4.04. The zero-order valence-corrected chi connectivity index (χ0v) is 17.2. The van der Waals surface area contributed by atoms with E-state index in [0.717, 1.165) is 14.7 Å². The molecule has 0 fully saturated rings. The summed E-state index contributed by atoms with van der Waals surface area (Å²) in [5, 5.41) is 7.22. The van der Waals surface area contributed by atoms with E-state index in [-0.39, 0.29) is 11.7 Å². The summed E-state index contributed by atoms with van der Waals surface area (Å²) in [6.07, 6.45) is 0. The molecule has 2 aromatic carbocycles. The van der Waals surface area contributed by atoms with Gasteiger partial charge in [0.2, 0.25) is 0 Å². The van der Waals surface area contributed by atoms with Crippen molar-refractivity contribution in [1.29, 1.82) is 0 Å². The molecular formula is C21H19BrFN3O2. The number of aryl methyl sites for hydroxylation is 1. The van der Waals surface area contributed by atoms with Crippen LogP contribution in [0, 0.1) is 12.7 Å². The first kappa shape index (κ1) is 19.9. The number of nitrogens with one attached hydrogen (secondary N) is 1. The number of benzene rings is 2. The topological polar surface area (TPSA) is 64.0 Å². The van der Waals surface area contributed by atoms with Crippen LogP contribution in [0.4, 0.5) is 10.1 Å². The lowest BCUT2D eigenvalue weighted by Crippen LogP contribution is -2.47. The molecule has 1 N–H and O–H groups in total. The molecule has 5 nitrogen and oxygen atoms in total. The Balaban J connectivity index is 1.96. The van der Waals surface area contributed by atoms with Crippen molar-refractivity contribution in [2.24, 2.45) is 0 Å². The van der Waals surface area contributed by atoms with Crippen molar-refractivity contribution in [3.05, 3.63) is 80.8 Å². The lowest BCUT2D eigenvalue weighted by atomic mass is 10.0. The van der Waals surface area contributed by atoms with Gasteiger partial charge in [0.1, 0.15) is 11.4 Å². The Hall–Kier alpha value is -2.80. The van der Waals surface area contributed by atoms with Crippen molar-refractivity contribution in [1.82, 2.24) is 9.78 Å². The normalized spacial score (nSPS) is 11.3. The van der Waals surface area contributed by atoms with E-state index >= 15 is 0 Å². The van der Waals surface area contributed by atoms with E-state index in [1.165, 1.54) is 18.2 Å². The highest BCUT2D eigenvalue weighted by atomic mass is 79.9. The van der Waals surface area contributed by atoms with Crippen molar-refractivity contribution in [2.75, 3.05) is 5.32 Å². The van der Waals surface area contributed by atoms with Gasteiger partial charge in [-0.05, 0) is 74.9 Å². The fourth-order valence-corrected chi connectivity index (χ4v) is 3.20. The fourth-order valence-electron chi connectivity index (χ4n) is 2.73. The minimum Gasteiger partial charge on any atom is -0.324 e. The van der Waals surface area contributed by atoms with E-state index in [1.54, 1.807) is 38.1 Å². The van der Waals surface area contributed by atoms with Gasteiger partial charge in [0.25, 0.3) is 11.5 Å². The lowest BCUT2D eigenvalue weighted by Gasteiger charge is -2.26. The molecule has 3 rings (SSSR count). The number of nitrogens with zero attached hydrogens (tertiary/aromatic N) is 2. The number of amides is 1. The molecule has 0 saturated carbocycles. The predicted octanol–water partition coefficient (Wildman–Crippen LogP) is 4.49. The zero-order chi connectivity index (χ0) is 20.5. The maximum atomic E-state index is 13.2. The van der Waals surface area contributed by atoms with Gasteiger partial charge in [-0.3, -0.25) is 9.59 Å². The summed E-state index contributed by atoms with van der Waals surface area (Å²) in [6.45, 7) is 5.13. The summed E-state index contributed by atoms with van der Waals surface area (Å²) >= 11 is 3.39. The van der Waals surface area contributed by atoms with Crippen LogP contribution >= 0.6 is 15.9 Å². The van der Waals surface area contributed by atoms with Crippen LogP contribution in [0.2, 0.25) is 0 Å². The first-order chi connectivity index (χ1) is 13.2. The average molecular weight is 444 g/mol. The van der Waals surface area contributed by atoms with Crippen LogP contribution < -0.4 is 10.9 Å². The van der Waals surface area contributed by atoms with Gasteiger partial charge in [-0.1, -0.05) is 15.9 Å². The second-order valence-corrected chi connectivity index (χ2v) is 7.86. The molecule has 0 aliphatic rings. The molecule has 28 heavy (non-hydrogen) atoms. The summed E-state index contributed by atoms with van der Waals surface area (Å²) < 4.78 is 15.2. The highest BCUT2D eigenvalue weighted by Crippen LogP contribution is 2.23. The van der Waals surface area contributed by atoms with Gasteiger partial charge < -0.3 is 5.32 Å². The second kappa shape index (κ2) is 7.67. The second-order valence-electron chi connectivity index (χ2n) is 6.95. The van der Waals surface area contributed by atoms with Crippen LogP contribution in [-0.4, -0.2) is 15.7 Å². The Kier molecular flexibility index (Phi) is 5.47. The summed E-state index contributed by atoms with van der Waals surface area (Å²) in [6, 6.07) is 14.2. The Labute approximate surface area is 170 Å². The summed E-state index contributed by atoms with van der Waals surface area (Å²) in [7, 11) is 0. The Morgan fingerprint density at radius 3 is 2.43 bits per heavy atom. The number of anilines is 1. The van der Waals surface area contributed by atoms with E-state index in [1.807, 2.05) is 19.1 Å². The molecular weight excluding hydrogens is 425 g/mol. The van der Waals surface area contributed by atoms with E-state index in [2.05, 4.69) is 26.3 Å². The van der Waals surface area contributed by atoms with Crippen LogP contribution in [0.25, 0.3) is 11.3 Å². The lowest BCUT2D eigenvalue weighted by molar-refractivity contribution is -0.123. The van der Waals surface area contributed by atoms with Crippen molar-refractivity contribution in [3.8, 4) is 11.3 Å². The largest absolute Gasteiger partial charge is 0.324 e. The molecule has 1 amide bonds. The average Bonchev–Trinajstić information content (AvgIpc) is 2.65. The molecule has 144 valence electrons. The highest BCUT2D eigenvalue weighted by molar-refractivity contribution is 9.10. The smallest absolute Gasteiger partial charge is 0.267 e. The van der Waals surface area contributed by atoms with E-state index < -0.39 is 11.1 Å². The Morgan fingerprint density at radius 1 is 1.11 bits per heavy atom. The Morgan fingerprint density at radius 2 is 1.79 bits per heavy atom. The van der Waals surface area contributed by atoms with Crippen LogP contribution in [-0.2, 0) is 10.3 Å². The number of aromatic nitrogens is 2. The van der Waals surface area contributed by atoms with Crippen molar-refractivity contribution in [3.63, 3.8) is 0 Å². The third-order valence-electron chi connectivity index (χ3n) is 4.46. The first-order valence-corrected chi connectivity index (χ1v) is 9.42. The SMILES string of the molecule is Cc1cc(Br)ccc1NC(=O)C(C)(C)n1nc(-c2ccc(F)cc2)ccc1=O. The zero-order valence-electron chi connectivity index (χ0n) is 15.7. The summed E-state index contributed by atoms with van der Waals surface area (Å²) in [5.74, 6) is -0.731. The monoisotopic (exact) mass is 443 g/mol. The number of carbonyl (C=O) groups is 1. The molecule has 0 atom stereocenters. The van der Waals surface area contributed by atoms with Crippen LogP contribution in [0.3, 0.4) is 0 Å². The molecule has 0 unspecified atom stereocenters. The molecule has 0 aliphatic carbocycles. The quantitative estimate of drug-likeness (QED) is 0.645. The fraction of sp³-hybridized carbons (Fsp3) is 0.190. The molecule has 3 aromatic rings. The first-order valence-electron chi connectivity index (χ1n) is 8.63. The highest BCUT2D eigenvalue weighted by Gasteiger charge is 2.32. The summed E-state index contributed by atoms with van der Waals surface area (Å²) in [4.78, 5) is 25.4. The third-order valence-corrected chi connectivity index (χ3v) is 4.96. The minimum atomic E-state index is -1.24. The molecule has 1 heterocycles. The standard InChI is InChI=1S/C21H19BrFN3O2/c1-13-12-15(22)6-9-17(13)24-20(28)21(2,3)26-19(27)11-10-18(25-26)14-4-7-16(23)8-5-14/h4-12H,1-3H3,(H,24,28). The number of hydrogen-bond donors (Lipinski definition) is 1. The minimum absolute atomic E-state index is 0.360. The van der Waals surface area contributed by atoms with Gasteiger partial charge in [0.05, 0.1) is 5.69 Å². The van der Waals surface area contributed by atoms with Crippen LogP contribution in [0.1, 0.15) is 19.4 Å². The number of hydrogen-bond acceptors (Lipinski definition) is 3. The molecule has 7 heteroatoms. The Bertz CT molecular complexity index is 1090. The summed E-state index contributed by atoms with van der Waals surface area (Å²) in [5.41, 5.74) is 1.02. The van der Waals surface area contributed by atoms with E-state index in [9.17, 15) is 14.0 Å². The van der Waals surface area contributed by atoms with Crippen molar-refractivity contribution < 1.29 is 9.18 Å². The molecule has 0 bridgehead atoms. The molecule has 0 radical (unpaired) electrons. The van der Waals surface area contributed by atoms with Gasteiger partial charge in [0.15, 0.2) is 0 Å². The molecule has 0 spiro atoms. The van der Waals surface area contributed by atoms with E-state index in [0.29, 0.717) is 16.9 Å². The maximum Gasteiger partial charge on any atom is 0.267 e. The van der Waals surface area contributed by atoms with E-state index in [4.69, 9.17) is 0 Å². The number of rotatable bonds is 4. The van der Waals surface area contributed by atoms with Crippen LogP contribution in [0.5, 0.6) is 0 Å². The van der Waals surface area contributed by atoms with Crippen molar-refractivity contribution in [2.45, 2.75) is 26.3 Å². The van der Waals surface area contributed by atoms with Crippen molar-refractivity contribution >= 4 is 27.5 Å². The van der Waals surface area contributed by atoms with Gasteiger partial charge in [-0.2, -0.15) is 5.10 Å². The molecule has 0 aliphatic heterocycles. The molecule has 0 saturated heterocycles. The number of halogens is 2. The number of carbonyl (C=O) groups excluding carboxylic acids is 1. The predicted molar refractivity (Wildman–Crippen MR) is 111 cm³/mol.